The second-order valence-electron chi connectivity index (χ2n) is 5.44. The molecule has 1 rings (SSSR count). The molecule has 0 radical (unpaired) electrons. The van der Waals surface area contributed by atoms with Crippen molar-refractivity contribution in [2.45, 2.75) is 45.6 Å². The van der Waals surface area contributed by atoms with Crippen molar-refractivity contribution in [2.75, 3.05) is 19.3 Å². The predicted molar refractivity (Wildman–Crippen MR) is 71.7 cm³/mol. The van der Waals surface area contributed by atoms with Crippen molar-refractivity contribution in [1.29, 1.82) is 0 Å². The minimum atomic E-state index is -3.22. The predicted octanol–water partition coefficient (Wildman–Crippen LogP) is 0.963. The maximum absolute atomic E-state index is 11.6. The van der Waals surface area contributed by atoms with Crippen LogP contribution >= 0.6 is 0 Å². The van der Waals surface area contributed by atoms with E-state index in [1.807, 2.05) is 0 Å². The summed E-state index contributed by atoms with van der Waals surface area (Å²) in [6.45, 7) is 4.89. The van der Waals surface area contributed by atoms with Gasteiger partial charge < -0.3 is 5.32 Å². The summed E-state index contributed by atoms with van der Waals surface area (Å²) in [7, 11) is -3.22. The first-order valence-electron chi connectivity index (χ1n) is 6.53. The number of sulfonamides is 1. The van der Waals surface area contributed by atoms with Gasteiger partial charge in [-0.3, -0.25) is 4.79 Å². The lowest BCUT2D eigenvalue weighted by Gasteiger charge is -2.20. The lowest BCUT2D eigenvalue weighted by Crippen LogP contribution is -2.36. The van der Waals surface area contributed by atoms with Gasteiger partial charge in [-0.15, -0.1) is 0 Å². The Morgan fingerprint density at radius 2 is 1.94 bits per heavy atom. The van der Waals surface area contributed by atoms with Crippen molar-refractivity contribution in [1.82, 2.24) is 9.62 Å². The average Bonchev–Trinajstić information content (AvgIpc) is 2.98. The van der Waals surface area contributed by atoms with Gasteiger partial charge in [0, 0.05) is 25.6 Å². The SMILES string of the molecule is CC(C)CCN(CCC(=O)NC1CC1)S(C)(=O)=O. The molecular formula is C12H24N2O3S. The quantitative estimate of drug-likeness (QED) is 0.718. The fraction of sp³-hybridized carbons (Fsp3) is 0.917. The van der Waals surface area contributed by atoms with Gasteiger partial charge in [0.25, 0.3) is 0 Å². The second-order valence-corrected chi connectivity index (χ2v) is 7.42. The minimum absolute atomic E-state index is 0.0457. The van der Waals surface area contributed by atoms with E-state index in [9.17, 15) is 13.2 Å². The Bertz CT molecular complexity index is 375. The van der Waals surface area contributed by atoms with Gasteiger partial charge in [0.2, 0.25) is 15.9 Å². The summed E-state index contributed by atoms with van der Waals surface area (Å²) < 4.78 is 24.6. The number of nitrogens with zero attached hydrogens (tertiary/aromatic N) is 1. The van der Waals surface area contributed by atoms with E-state index >= 15 is 0 Å². The standard InChI is InChI=1S/C12H24N2O3S/c1-10(2)6-8-14(18(3,16)17)9-7-12(15)13-11-4-5-11/h10-11H,4-9H2,1-3H3,(H,13,15). The average molecular weight is 276 g/mol. The van der Waals surface area contributed by atoms with E-state index in [0.29, 0.717) is 18.5 Å². The molecule has 1 N–H and O–H groups in total. The molecule has 6 heteroatoms. The zero-order valence-corrected chi connectivity index (χ0v) is 12.3. The van der Waals surface area contributed by atoms with Crippen molar-refractivity contribution >= 4 is 15.9 Å². The summed E-state index contributed by atoms with van der Waals surface area (Å²) in [6.07, 6.45) is 4.37. The maximum Gasteiger partial charge on any atom is 0.221 e. The van der Waals surface area contributed by atoms with Gasteiger partial charge >= 0.3 is 0 Å². The molecule has 0 aromatic carbocycles. The highest BCUT2D eigenvalue weighted by Gasteiger charge is 2.24. The summed E-state index contributed by atoms with van der Waals surface area (Å²) in [5, 5.41) is 2.87. The highest BCUT2D eigenvalue weighted by atomic mass is 32.2. The fourth-order valence-electron chi connectivity index (χ4n) is 1.60. The van der Waals surface area contributed by atoms with Crippen LogP contribution in [0.5, 0.6) is 0 Å². The Hall–Kier alpha value is -0.620. The highest BCUT2D eigenvalue weighted by Crippen LogP contribution is 2.18. The molecule has 1 aliphatic rings. The zero-order valence-electron chi connectivity index (χ0n) is 11.5. The number of carbonyl (C=O) groups is 1. The molecule has 1 amide bonds. The van der Waals surface area contributed by atoms with E-state index in [2.05, 4.69) is 19.2 Å². The third-order valence-electron chi connectivity index (χ3n) is 2.96. The largest absolute Gasteiger partial charge is 0.353 e. The Balaban J connectivity index is 2.37. The van der Waals surface area contributed by atoms with Gasteiger partial charge in [-0.2, -0.15) is 0 Å². The lowest BCUT2D eigenvalue weighted by atomic mass is 10.1. The topological polar surface area (TPSA) is 66.5 Å². The molecule has 0 unspecified atom stereocenters. The Morgan fingerprint density at radius 1 is 1.33 bits per heavy atom. The van der Waals surface area contributed by atoms with Crippen LogP contribution in [0.2, 0.25) is 0 Å². The lowest BCUT2D eigenvalue weighted by molar-refractivity contribution is -0.121. The summed E-state index contributed by atoms with van der Waals surface area (Å²) in [5.41, 5.74) is 0. The van der Waals surface area contributed by atoms with Gasteiger partial charge in [-0.05, 0) is 25.2 Å². The number of amides is 1. The highest BCUT2D eigenvalue weighted by molar-refractivity contribution is 7.88. The van der Waals surface area contributed by atoms with Gasteiger partial charge in [0.1, 0.15) is 0 Å². The van der Waals surface area contributed by atoms with Crippen molar-refractivity contribution in [3.05, 3.63) is 0 Å². The van der Waals surface area contributed by atoms with E-state index in [0.717, 1.165) is 19.3 Å². The van der Waals surface area contributed by atoms with Gasteiger partial charge in [0.05, 0.1) is 6.26 Å². The van der Waals surface area contributed by atoms with Crippen LogP contribution in [0.4, 0.5) is 0 Å². The molecule has 0 atom stereocenters. The molecule has 0 aliphatic heterocycles. The molecule has 0 heterocycles. The van der Waals surface area contributed by atoms with Crippen LogP contribution in [0.1, 0.15) is 39.5 Å². The molecule has 5 nitrogen and oxygen atoms in total. The molecule has 1 fully saturated rings. The molecule has 0 aromatic heterocycles. The normalized spacial score (nSPS) is 16.3. The van der Waals surface area contributed by atoms with Crippen molar-refractivity contribution in [3.8, 4) is 0 Å². The van der Waals surface area contributed by atoms with E-state index in [1.54, 1.807) is 0 Å². The van der Waals surface area contributed by atoms with Crippen LogP contribution in [-0.4, -0.2) is 44.0 Å². The molecule has 0 aromatic rings. The molecule has 0 bridgehead atoms. The first-order valence-corrected chi connectivity index (χ1v) is 8.38. The third-order valence-corrected chi connectivity index (χ3v) is 4.26. The summed E-state index contributed by atoms with van der Waals surface area (Å²) >= 11 is 0. The fourth-order valence-corrected chi connectivity index (χ4v) is 2.46. The number of carbonyl (C=O) groups excluding carboxylic acids is 1. The van der Waals surface area contributed by atoms with Gasteiger partial charge in [-0.25, -0.2) is 12.7 Å². The molecule has 0 spiro atoms. The maximum atomic E-state index is 11.6. The van der Waals surface area contributed by atoms with E-state index in [4.69, 9.17) is 0 Å². The number of hydrogen-bond acceptors (Lipinski definition) is 3. The Kier molecular flexibility index (Phi) is 5.59. The van der Waals surface area contributed by atoms with Gasteiger partial charge in [0.15, 0.2) is 0 Å². The number of nitrogens with one attached hydrogen (secondary N) is 1. The van der Waals surface area contributed by atoms with Crippen LogP contribution < -0.4 is 5.32 Å². The Morgan fingerprint density at radius 3 is 2.39 bits per heavy atom. The Labute approximate surface area is 110 Å². The molecule has 1 saturated carbocycles. The van der Waals surface area contributed by atoms with E-state index in [-0.39, 0.29) is 18.9 Å². The van der Waals surface area contributed by atoms with E-state index in [1.165, 1.54) is 10.6 Å². The third kappa shape index (κ3) is 6.35. The van der Waals surface area contributed by atoms with Crippen LogP contribution in [0.3, 0.4) is 0 Å². The monoisotopic (exact) mass is 276 g/mol. The van der Waals surface area contributed by atoms with Crippen LogP contribution in [0.25, 0.3) is 0 Å². The van der Waals surface area contributed by atoms with Crippen LogP contribution in [0, 0.1) is 5.92 Å². The molecular weight excluding hydrogens is 252 g/mol. The van der Waals surface area contributed by atoms with Crippen molar-refractivity contribution in [2.24, 2.45) is 5.92 Å². The zero-order chi connectivity index (χ0) is 13.8. The van der Waals surface area contributed by atoms with Crippen molar-refractivity contribution < 1.29 is 13.2 Å². The van der Waals surface area contributed by atoms with E-state index < -0.39 is 10.0 Å². The first-order chi connectivity index (χ1) is 8.29. The first kappa shape index (κ1) is 15.4. The smallest absolute Gasteiger partial charge is 0.221 e. The summed E-state index contributed by atoms with van der Waals surface area (Å²) in [5.74, 6) is 0.408. The number of rotatable bonds is 8. The van der Waals surface area contributed by atoms with Crippen LogP contribution in [-0.2, 0) is 14.8 Å². The minimum Gasteiger partial charge on any atom is -0.353 e. The van der Waals surface area contributed by atoms with Crippen LogP contribution in [0.15, 0.2) is 0 Å². The number of hydrogen-bond donors (Lipinski definition) is 1. The van der Waals surface area contributed by atoms with Crippen molar-refractivity contribution in [3.63, 3.8) is 0 Å². The van der Waals surface area contributed by atoms with Gasteiger partial charge in [-0.1, -0.05) is 13.8 Å². The molecule has 0 saturated heterocycles. The summed E-state index contributed by atoms with van der Waals surface area (Å²) in [4.78, 5) is 11.5. The molecule has 106 valence electrons. The summed E-state index contributed by atoms with van der Waals surface area (Å²) in [6, 6.07) is 0.333. The molecule has 18 heavy (non-hydrogen) atoms. The molecule has 1 aliphatic carbocycles. The second kappa shape index (κ2) is 6.52.